The normalized spacial score (nSPS) is 12.4. The first-order chi connectivity index (χ1) is 7.66. The highest BCUT2D eigenvalue weighted by molar-refractivity contribution is 7.16. The van der Waals surface area contributed by atoms with Crippen molar-refractivity contribution in [3.8, 4) is 0 Å². The molecule has 0 saturated heterocycles. The molecule has 2 rings (SSSR count). The zero-order chi connectivity index (χ0) is 11.5. The molecule has 0 aliphatic rings. The first-order valence-corrected chi connectivity index (χ1v) is 6.43. The van der Waals surface area contributed by atoms with Gasteiger partial charge in [-0.3, -0.25) is 0 Å². The SMILES string of the molecule is Cc1ccccc1NC(C)c1ccc(Cl)s1. The van der Waals surface area contributed by atoms with Crippen LogP contribution in [0.25, 0.3) is 0 Å². The molecule has 84 valence electrons. The summed E-state index contributed by atoms with van der Waals surface area (Å²) in [5, 5.41) is 3.49. The molecule has 0 aliphatic heterocycles. The van der Waals surface area contributed by atoms with Gasteiger partial charge in [-0.25, -0.2) is 0 Å². The molecule has 1 aromatic heterocycles. The molecule has 0 radical (unpaired) electrons. The van der Waals surface area contributed by atoms with Crippen molar-refractivity contribution in [2.24, 2.45) is 0 Å². The van der Waals surface area contributed by atoms with Crippen LogP contribution < -0.4 is 5.32 Å². The Morgan fingerprint density at radius 3 is 2.56 bits per heavy atom. The summed E-state index contributed by atoms with van der Waals surface area (Å²) in [6, 6.07) is 12.6. The molecule has 0 fully saturated rings. The van der Waals surface area contributed by atoms with Crippen LogP contribution in [0.5, 0.6) is 0 Å². The van der Waals surface area contributed by atoms with Gasteiger partial charge < -0.3 is 5.32 Å². The highest BCUT2D eigenvalue weighted by Gasteiger charge is 2.08. The lowest BCUT2D eigenvalue weighted by atomic mass is 10.2. The van der Waals surface area contributed by atoms with Gasteiger partial charge in [0.2, 0.25) is 0 Å². The molecule has 2 aromatic rings. The summed E-state index contributed by atoms with van der Waals surface area (Å²) in [5.74, 6) is 0. The van der Waals surface area contributed by atoms with E-state index in [4.69, 9.17) is 11.6 Å². The lowest BCUT2D eigenvalue weighted by Gasteiger charge is -2.15. The maximum absolute atomic E-state index is 5.93. The minimum absolute atomic E-state index is 0.290. The van der Waals surface area contributed by atoms with E-state index in [2.05, 4.69) is 37.4 Å². The van der Waals surface area contributed by atoms with Crippen molar-refractivity contribution in [1.82, 2.24) is 0 Å². The third-order valence-electron chi connectivity index (χ3n) is 2.54. The summed E-state index contributed by atoms with van der Waals surface area (Å²) in [6.07, 6.45) is 0. The number of para-hydroxylation sites is 1. The van der Waals surface area contributed by atoms with E-state index in [9.17, 15) is 0 Å². The first-order valence-electron chi connectivity index (χ1n) is 5.24. The van der Waals surface area contributed by atoms with Gasteiger partial charge in [0, 0.05) is 10.6 Å². The summed E-state index contributed by atoms with van der Waals surface area (Å²) < 4.78 is 0.841. The zero-order valence-electron chi connectivity index (χ0n) is 9.33. The van der Waals surface area contributed by atoms with E-state index in [1.54, 1.807) is 11.3 Å². The number of aryl methyl sites for hydroxylation is 1. The third-order valence-corrected chi connectivity index (χ3v) is 3.95. The summed E-state index contributed by atoms with van der Waals surface area (Å²) in [7, 11) is 0. The quantitative estimate of drug-likeness (QED) is 0.820. The monoisotopic (exact) mass is 251 g/mol. The average Bonchev–Trinajstić information content (AvgIpc) is 2.68. The molecule has 0 aliphatic carbocycles. The van der Waals surface area contributed by atoms with Gasteiger partial charge in [0.05, 0.1) is 10.4 Å². The summed E-state index contributed by atoms with van der Waals surface area (Å²) >= 11 is 7.55. The number of halogens is 1. The summed E-state index contributed by atoms with van der Waals surface area (Å²) in [4.78, 5) is 1.26. The number of hydrogen-bond acceptors (Lipinski definition) is 2. The van der Waals surface area contributed by atoms with Crippen LogP contribution in [0.3, 0.4) is 0 Å². The van der Waals surface area contributed by atoms with Crippen LogP contribution in [0.2, 0.25) is 4.34 Å². The molecule has 0 saturated carbocycles. The maximum atomic E-state index is 5.93. The topological polar surface area (TPSA) is 12.0 Å². The molecule has 0 spiro atoms. The van der Waals surface area contributed by atoms with Crippen LogP contribution in [0.1, 0.15) is 23.4 Å². The second-order valence-corrected chi connectivity index (χ2v) is 5.57. The number of anilines is 1. The Morgan fingerprint density at radius 2 is 1.94 bits per heavy atom. The van der Waals surface area contributed by atoms with Crippen LogP contribution in [-0.4, -0.2) is 0 Å². The number of benzene rings is 1. The number of rotatable bonds is 3. The van der Waals surface area contributed by atoms with Crippen molar-refractivity contribution < 1.29 is 0 Å². The summed E-state index contributed by atoms with van der Waals surface area (Å²) in [6.45, 7) is 4.26. The molecule has 0 bridgehead atoms. The zero-order valence-corrected chi connectivity index (χ0v) is 10.9. The van der Waals surface area contributed by atoms with Crippen molar-refractivity contribution in [2.75, 3.05) is 5.32 Å². The van der Waals surface area contributed by atoms with Gasteiger partial charge in [-0.05, 0) is 37.6 Å². The fraction of sp³-hybridized carbons (Fsp3) is 0.231. The molecule has 16 heavy (non-hydrogen) atoms. The van der Waals surface area contributed by atoms with Gasteiger partial charge in [0.25, 0.3) is 0 Å². The lowest BCUT2D eigenvalue weighted by molar-refractivity contribution is 0.905. The second-order valence-electron chi connectivity index (χ2n) is 3.82. The third kappa shape index (κ3) is 2.57. The van der Waals surface area contributed by atoms with E-state index >= 15 is 0 Å². The van der Waals surface area contributed by atoms with E-state index in [0.717, 1.165) is 4.34 Å². The van der Waals surface area contributed by atoms with Crippen molar-refractivity contribution in [1.29, 1.82) is 0 Å². The Labute approximate surface area is 105 Å². The van der Waals surface area contributed by atoms with E-state index in [1.165, 1.54) is 16.1 Å². The molecule has 1 N–H and O–H groups in total. The fourth-order valence-electron chi connectivity index (χ4n) is 1.60. The predicted molar refractivity (Wildman–Crippen MR) is 72.5 cm³/mol. The summed E-state index contributed by atoms with van der Waals surface area (Å²) in [5.41, 5.74) is 2.44. The molecule has 1 aromatic carbocycles. The van der Waals surface area contributed by atoms with Crippen molar-refractivity contribution in [3.05, 3.63) is 51.2 Å². The molecule has 1 heterocycles. The molecular formula is C13H14ClNS. The van der Waals surface area contributed by atoms with E-state index in [-0.39, 0.29) is 0 Å². The smallest absolute Gasteiger partial charge is 0.0932 e. The van der Waals surface area contributed by atoms with Gasteiger partial charge in [-0.15, -0.1) is 11.3 Å². The average molecular weight is 252 g/mol. The van der Waals surface area contributed by atoms with Crippen molar-refractivity contribution in [2.45, 2.75) is 19.9 Å². The maximum Gasteiger partial charge on any atom is 0.0932 e. The van der Waals surface area contributed by atoms with Gasteiger partial charge in [-0.2, -0.15) is 0 Å². The van der Waals surface area contributed by atoms with Gasteiger partial charge in [0.1, 0.15) is 0 Å². The Balaban J connectivity index is 2.13. The van der Waals surface area contributed by atoms with E-state index in [0.29, 0.717) is 6.04 Å². The van der Waals surface area contributed by atoms with Crippen molar-refractivity contribution in [3.63, 3.8) is 0 Å². The standard InChI is InChI=1S/C13H14ClNS/c1-9-5-3-4-6-11(9)15-10(2)12-7-8-13(14)16-12/h3-8,10,15H,1-2H3. The molecular weight excluding hydrogens is 238 g/mol. The van der Waals surface area contributed by atoms with Crippen LogP contribution in [0.4, 0.5) is 5.69 Å². The highest BCUT2D eigenvalue weighted by atomic mass is 35.5. The lowest BCUT2D eigenvalue weighted by Crippen LogP contribution is -2.05. The van der Waals surface area contributed by atoms with Crippen molar-refractivity contribution >= 4 is 28.6 Å². The number of hydrogen-bond donors (Lipinski definition) is 1. The molecule has 1 unspecified atom stereocenters. The number of thiophene rings is 1. The Morgan fingerprint density at radius 1 is 1.19 bits per heavy atom. The van der Waals surface area contributed by atoms with Gasteiger partial charge in [0.15, 0.2) is 0 Å². The minimum Gasteiger partial charge on any atom is -0.377 e. The minimum atomic E-state index is 0.290. The number of nitrogens with one attached hydrogen (secondary N) is 1. The first kappa shape index (κ1) is 11.5. The second kappa shape index (κ2) is 4.89. The van der Waals surface area contributed by atoms with Crippen LogP contribution in [0, 0.1) is 6.92 Å². The molecule has 1 atom stereocenters. The predicted octanol–water partition coefficient (Wildman–Crippen LogP) is 4.88. The van der Waals surface area contributed by atoms with Crippen LogP contribution >= 0.6 is 22.9 Å². The largest absolute Gasteiger partial charge is 0.377 e. The molecule has 3 heteroatoms. The van der Waals surface area contributed by atoms with Gasteiger partial charge >= 0.3 is 0 Å². The molecule has 0 amide bonds. The fourth-order valence-corrected chi connectivity index (χ4v) is 2.66. The Bertz CT molecular complexity index is 478. The van der Waals surface area contributed by atoms with E-state index in [1.807, 2.05) is 18.2 Å². The van der Waals surface area contributed by atoms with Crippen LogP contribution in [0.15, 0.2) is 36.4 Å². The van der Waals surface area contributed by atoms with E-state index < -0.39 is 0 Å². The highest BCUT2D eigenvalue weighted by Crippen LogP contribution is 2.29. The molecule has 1 nitrogen and oxygen atoms in total. The van der Waals surface area contributed by atoms with Crippen LogP contribution in [-0.2, 0) is 0 Å². The van der Waals surface area contributed by atoms with Gasteiger partial charge in [-0.1, -0.05) is 29.8 Å². The Kier molecular flexibility index (Phi) is 3.52. The Hall–Kier alpha value is -0.990.